The Morgan fingerprint density at radius 1 is 1.13 bits per heavy atom. The molecule has 0 radical (unpaired) electrons. The van der Waals surface area contributed by atoms with E-state index in [0.29, 0.717) is 12.0 Å². The van der Waals surface area contributed by atoms with Crippen molar-refractivity contribution in [2.75, 3.05) is 6.54 Å². The fraction of sp³-hybridized carbons (Fsp3) is 0.300. The highest BCUT2D eigenvalue weighted by Crippen LogP contribution is 2.32. The maximum atomic E-state index is 12.6. The van der Waals surface area contributed by atoms with Gasteiger partial charge >= 0.3 is 0 Å². The molecule has 0 saturated carbocycles. The summed E-state index contributed by atoms with van der Waals surface area (Å²) in [5.41, 5.74) is 2.99. The van der Waals surface area contributed by atoms with E-state index in [4.69, 9.17) is 5.26 Å². The van der Waals surface area contributed by atoms with Crippen LogP contribution in [-0.4, -0.2) is 17.4 Å². The van der Waals surface area contributed by atoms with Crippen molar-refractivity contribution in [1.82, 2.24) is 4.90 Å². The zero-order valence-electron chi connectivity index (χ0n) is 13.1. The number of hydrogen-bond donors (Lipinski definition) is 0. The van der Waals surface area contributed by atoms with Crippen molar-refractivity contribution in [1.29, 1.82) is 5.26 Å². The molecule has 3 rings (SSSR count). The fourth-order valence-corrected chi connectivity index (χ4v) is 3.23. The molecule has 1 saturated heterocycles. The molecule has 1 atom stereocenters. The average molecular weight is 304 g/mol. The third kappa shape index (κ3) is 3.60. The van der Waals surface area contributed by atoms with Crippen LogP contribution in [0.1, 0.15) is 42.0 Å². The lowest BCUT2D eigenvalue weighted by Gasteiger charge is -2.25. The van der Waals surface area contributed by atoms with Gasteiger partial charge in [0.05, 0.1) is 17.7 Å². The number of carbonyl (C=O) groups is 1. The first-order valence-corrected chi connectivity index (χ1v) is 8.11. The molecule has 0 aromatic heterocycles. The summed E-state index contributed by atoms with van der Waals surface area (Å²) in [6.45, 7) is 0.853. The lowest BCUT2D eigenvalue weighted by Crippen LogP contribution is -2.30. The molecule has 0 aliphatic carbocycles. The van der Waals surface area contributed by atoms with Crippen molar-refractivity contribution in [2.24, 2.45) is 0 Å². The summed E-state index contributed by atoms with van der Waals surface area (Å²) in [7, 11) is 0. The molecule has 0 spiro atoms. The molecule has 2 aromatic rings. The van der Waals surface area contributed by atoms with Crippen molar-refractivity contribution in [3.05, 3.63) is 71.3 Å². The summed E-state index contributed by atoms with van der Waals surface area (Å²) in [6.07, 6.45) is 3.37. The van der Waals surface area contributed by atoms with Crippen LogP contribution in [0.15, 0.2) is 54.6 Å². The van der Waals surface area contributed by atoms with Gasteiger partial charge in [-0.3, -0.25) is 4.79 Å². The van der Waals surface area contributed by atoms with E-state index in [1.807, 2.05) is 47.4 Å². The van der Waals surface area contributed by atoms with E-state index in [1.54, 1.807) is 0 Å². The first-order valence-electron chi connectivity index (χ1n) is 8.11. The maximum absolute atomic E-state index is 12.6. The molecule has 116 valence electrons. The molecule has 2 aromatic carbocycles. The molecule has 0 unspecified atom stereocenters. The molecule has 23 heavy (non-hydrogen) atoms. The highest BCUT2D eigenvalue weighted by atomic mass is 16.2. The molecule has 0 bridgehead atoms. The van der Waals surface area contributed by atoms with Crippen LogP contribution >= 0.6 is 0 Å². The van der Waals surface area contributed by atoms with Crippen molar-refractivity contribution in [3.63, 3.8) is 0 Å². The molecule has 1 heterocycles. The molecular formula is C20H20N2O. The van der Waals surface area contributed by atoms with Crippen LogP contribution in [-0.2, 0) is 11.2 Å². The number of aryl methyl sites for hydroxylation is 1. The molecular weight excluding hydrogens is 284 g/mol. The Bertz CT molecular complexity index is 701. The third-order valence-electron chi connectivity index (χ3n) is 4.47. The smallest absolute Gasteiger partial charge is 0.223 e. The summed E-state index contributed by atoms with van der Waals surface area (Å²) in [5, 5.41) is 8.82. The number of carbonyl (C=O) groups excluding carboxylic acids is 1. The van der Waals surface area contributed by atoms with E-state index in [2.05, 4.69) is 18.2 Å². The fourth-order valence-electron chi connectivity index (χ4n) is 3.23. The highest BCUT2D eigenvalue weighted by molar-refractivity contribution is 5.77. The molecule has 3 heteroatoms. The maximum Gasteiger partial charge on any atom is 0.223 e. The number of likely N-dealkylation sites (tertiary alicyclic amines) is 1. The zero-order valence-corrected chi connectivity index (χ0v) is 13.1. The van der Waals surface area contributed by atoms with Gasteiger partial charge in [-0.15, -0.1) is 0 Å². The second-order valence-corrected chi connectivity index (χ2v) is 5.96. The minimum Gasteiger partial charge on any atom is -0.336 e. The van der Waals surface area contributed by atoms with Gasteiger partial charge in [0.1, 0.15) is 0 Å². The molecule has 1 aliphatic rings. The zero-order chi connectivity index (χ0) is 16.1. The largest absolute Gasteiger partial charge is 0.336 e. The van der Waals surface area contributed by atoms with Crippen LogP contribution in [0, 0.1) is 11.3 Å². The SMILES string of the molecule is N#Cc1ccc(CCC(=O)N2CCC[C@@H]2c2ccccc2)cc1. The van der Waals surface area contributed by atoms with Crippen LogP contribution < -0.4 is 0 Å². The van der Waals surface area contributed by atoms with E-state index in [9.17, 15) is 4.79 Å². The highest BCUT2D eigenvalue weighted by Gasteiger charge is 2.29. The average Bonchev–Trinajstić information content (AvgIpc) is 3.11. The molecule has 1 aliphatic heterocycles. The minimum atomic E-state index is 0.223. The number of nitriles is 1. The summed E-state index contributed by atoms with van der Waals surface area (Å²) < 4.78 is 0. The lowest BCUT2D eigenvalue weighted by molar-refractivity contribution is -0.132. The first-order chi connectivity index (χ1) is 11.3. The van der Waals surface area contributed by atoms with Crippen LogP contribution in [0.3, 0.4) is 0 Å². The second-order valence-electron chi connectivity index (χ2n) is 5.96. The number of rotatable bonds is 4. The predicted molar refractivity (Wildman–Crippen MR) is 89.6 cm³/mol. The molecule has 1 amide bonds. The van der Waals surface area contributed by atoms with Gasteiger partial charge in [0.15, 0.2) is 0 Å². The molecule has 3 nitrogen and oxygen atoms in total. The van der Waals surface area contributed by atoms with Crippen LogP contribution in [0.5, 0.6) is 0 Å². The normalized spacial score (nSPS) is 17.0. The monoisotopic (exact) mass is 304 g/mol. The van der Waals surface area contributed by atoms with Gasteiger partial charge < -0.3 is 4.90 Å². The van der Waals surface area contributed by atoms with E-state index in [1.165, 1.54) is 5.56 Å². The Labute approximate surface area is 137 Å². The van der Waals surface area contributed by atoms with E-state index < -0.39 is 0 Å². The summed E-state index contributed by atoms with van der Waals surface area (Å²) in [4.78, 5) is 14.6. The van der Waals surface area contributed by atoms with Crippen LogP contribution in [0.25, 0.3) is 0 Å². The van der Waals surface area contributed by atoms with Gasteiger partial charge in [-0.25, -0.2) is 0 Å². The van der Waals surface area contributed by atoms with Gasteiger partial charge in [-0.2, -0.15) is 5.26 Å². The third-order valence-corrected chi connectivity index (χ3v) is 4.47. The van der Waals surface area contributed by atoms with Crippen LogP contribution in [0.4, 0.5) is 0 Å². The van der Waals surface area contributed by atoms with Gasteiger partial charge in [-0.05, 0) is 42.5 Å². The van der Waals surface area contributed by atoms with Gasteiger partial charge in [0, 0.05) is 13.0 Å². The first kappa shape index (κ1) is 15.3. The lowest BCUT2D eigenvalue weighted by atomic mass is 10.0. The molecule has 0 N–H and O–H groups in total. The van der Waals surface area contributed by atoms with Crippen LogP contribution in [0.2, 0.25) is 0 Å². The van der Waals surface area contributed by atoms with Crippen molar-refractivity contribution >= 4 is 5.91 Å². The topological polar surface area (TPSA) is 44.1 Å². The quantitative estimate of drug-likeness (QED) is 0.861. The summed E-state index contributed by atoms with van der Waals surface area (Å²) in [6, 6.07) is 20.1. The van der Waals surface area contributed by atoms with E-state index >= 15 is 0 Å². The predicted octanol–water partition coefficient (Wildman–Crippen LogP) is 3.85. The standard InChI is InChI=1S/C20H20N2O/c21-15-17-10-8-16(9-11-17)12-13-20(23)22-14-4-7-19(22)18-5-2-1-3-6-18/h1-3,5-6,8-11,19H,4,7,12-14H2/t19-/m1/s1. The Hall–Kier alpha value is -2.60. The van der Waals surface area contributed by atoms with E-state index in [0.717, 1.165) is 31.4 Å². The number of amides is 1. The minimum absolute atomic E-state index is 0.223. The Morgan fingerprint density at radius 3 is 2.57 bits per heavy atom. The molecule has 1 fully saturated rings. The van der Waals surface area contributed by atoms with Crippen molar-refractivity contribution in [2.45, 2.75) is 31.7 Å². The van der Waals surface area contributed by atoms with E-state index in [-0.39, 0.29) is 11.9 Å². The Kier molecular flexibility index (Phi) is 4.73. The number of benzene rings is 2. The van der Waals surface area contributed by atoms with Gasteiger partial charge in [0.2, 0.25) is 5.91 Å². The number of hydrogen-bond acceptors (Lipinski definition) is 2. The van der Waals surface area contributed by atoms with Crippen molar-refractivity contribution < 1.29 is 4.79 Å². The van der Waals surface area contributed by atoms with Gasteiger partial charge in [0.25, 0.3) is 0 Å². The second kappa shape index (κ2) is 7.11. The van der Waals surface area contributed by atoms with Crippen molar-refractivity contribution in [3.8, 4) is 6.07 Å². The summed E-state index contributed by atoms with van der Waals surface area (Å²) in [5.74, 6) is 0.223. The summed E-state index contributed by atoms with van der Waals surface area (Å²) >= 11 is 0. The Balaban J connectivity index is 1.62. The Morgan fingerprint density at radius 2 is 1.87 bits per heavy atom. The number of nitrogens with zero attached hydrogens (tertiary/aromatic N) is 2. The van der Waals surface area contributed by atoms with Gasteiger partial charge in [-0.1, -0.05) is 42.5 Å².